The van der Waals surface area contributed by atoms with Crippen LogP contribution < -0.4 is 15.0 Å². The number of hydrogen-bond donors (Lipinski definition) is 3. The van der Waals surface area contributed by atoms with E-state index in [9.17, 15) is 19.8 Å². The number of aliphatic hydroxyl groups excluding tert-OH is 1. The molecule has 3 aliphatic rings. The largest absolute Gasteiger partial charge is 0.495 e. The smallest absolute Gasteiger partial charge is 0.409 e. The molecule has 0 aromatic heterocycles. The molecule has 39 heavy (non-hydrogen) atoms. The van der Waals surface area contributed by atoms with Crippen LogP contribution in [-0.2, 0) is 25.4 Å². The van der Waals surface area contributed by atoms with Gasteiger partial charge in [0, 0.05) is 26.5 Å². The zero-order chi connectivity index (χ0) is 28.7. The number of anilines is 1. The maximum Gasteiger partial charge on any atom is 0.409 e. The highest BCUT2D eigenvalue weighted by Gasteiger charge is 2.62. The molecule has 1 unspecified atom stereocenters. The first kappa shape index (κ1) is 29.4. The molecule has 3 N–H and O–H groups in total. The lowest BCUT2D eigenvalue weighted by Gasteiger charge is -2.42. The normalized spacial score (nSPS) is 37.6. The maximum absolute atomic E-state index is 13.3. The van der Waals surface area contributed by atoms with E-state index in [1.165, 1.54) is 19.1 Å². The summed E-state index contributed by atoms with van der Waals surface area (Å²) in [6.45, 7) is 5.48. The number of fused-ring (bicyclic) bond motifs is 5. The van der Waals surface area contributed by atoms with E-state index in [4.69, 9.17) is 30.5 Å². The van der Waals surface area contributed by atoms with E-state index in [0.717, 1.165) is 11.1 Å². The zero-order valence-corrected chi connectivity index (χ0v) is 23.8. The summed E-state index contributed by atoms with van der Waals surface area (Å²) in [6, 6.07) is 3.63. The molecule has 4 rings (SSSR count). The molecule has 0 radical (unpaired) electrons. The van der Waals surface area contributed by atoms with Gasteiger partial charge in [-0.2, -0.15) is 0 Å². The van der Waals surface area contributed by atoms with Crippen molar-refractivity contribution in [3.63, 3.8) is 0 Å². The van der Waals surface area contributed by atoms with Crippen LogP contribution in [0.15, 0.2) is 35.9 Å². The number of benzene rings is 1. The second-order valence-electron chi connectivity index (χ2n) is 10.8. The first-order valence-corrected chi connectivity index (χ1v) is 13.3. The molecule has 11 heteroatoms. The number of ether oxygens (including phenoxy) is 4. The van der Waals surface area contributed by atoms with Crippen LogP contribution in [0, 0.1) is 5.92 Å². The van der Waals surface area contributed by atoms with Gasteiger partial charge in [0.05, 0.1) is 31.4 Å². The fourth-order valence-corrected chi connectivity index (χ4v) is 5.78. The van der Waals surface area contributed by atoms with Gasteiger partial charge in [-0.1, -0.05) is 42.3 Å². The highest BCUT2D eigenvalue weighted by atomic mass is 35.5. The quantitative estimate of drug-likeness (QED) is 0.467. The summed E-state index contributed by atoms with van der Waals surface area (Å²) < 4.78 is 22.4. The minimum atomic E-state index is -1.73. The fourth-order valence-electron chi connectivity index (χ4n) is 5.46. The van der Waals surface area contributed by atoms with E-state index < -0.39 is 47.8 Å². The molecule has 2 fully saturated rings. The van der Waals surface area contributed by atoms with Crippen LogP contribution in [0.3, 0.4) is 0 Å². The van der Waals surface area contributed by atoms with E-state index in [2.05, 4.69) is 5.32 Å². The van der Waals surface area contributed by atoms with Gasteiger partial charge in [-0.15, -0.1) is 0 Å². The Labute approximate surface area is 233 Å². The van der Waals surface area contributed by atoms with Crippen molar-refractivity contribution in [2.24, 2.45) is 5.92 Å². The van der Waals surface area contributed by atoms with E-state index >= 15 is 0 Å². The van der Waals surface area contributed by atoms with Crippen LogP contribution in [0.4, 0.5) is 10.5 Å². The lowest BCUT2D eigenvalue weighted by molar-refractivity contribution is -0.142. The molecule has 3 aliphatic heterocycles. The van der Waals surface area contributed by atoms with Crippen LogP contribution >= 0.6 is 11.6 Å². The number of halogens is 1. The number of allylic oxidation sites excluding steroid dienone is 3. The third-order valence-corrected chi connectivity index (χ3v) is 8.36. The number of alkyl carbamates (subject to hydrolysis) is 1. The second kappa shape index (κ2) is 11.1. The number of amides is 2. The predicted molar refractivity (Wildman–Crippen MR) is 145 cm³/mol. The van der Waals surface area contributed by atoms with Crippen LogP contribution in [0.5, 0.6) is 5.75 Å². The zero-order valence-electron chi connectivity index (χ0n) is 23.1. The average molecular weight is 565 g/mol. The van der Waals surface area contributed by atoms with Gasteiger partial charge >= 0.3 is 6.09 Å². The van der Waals surface area contributed by atoms with Crippen molar-refractivity contribution < 1.29 is 38.7 Å². The lowest BCUT2D eigenvalue weighted by atomic mass is 9.84. The molecule has 7 atom stereocenters. The fraction of sp³-hybridized carbons (Fsp3) is 0.571. The molecule has 2 amide bonds. The van der Waals surface area contributed by atoms with Crippen molar-refractivity contribution in [2.75, 3.05) is 26.2 Å². The number of carbonyl (C=O) groups is 2. The molecule has 4 bridgehead atoms. The summed E-state index contributed by atoms with van der Waals surface area (Å²) in [5, 5.41) is 25.3. The van der Waals surface area contributed by atoms with Crippen LogP contribution in [0.2, 0.25) is 5.02 Å². The number of rotatable bonds is 2. The van der Waals surface area contributed by atoms with Gasteiger partial charge < -0.3 is 34.1 Å². The summed E-state index contributed by atoms with van der Waals surface area (Å²) >= 11 is 6.58. The number of nitrogens with zero attached hydrogens (tertiary/aromatic N) is 1. The Kier molecular flexibility index (Phi) is 8.35. The molecule has 1 aromatic carbocycles. The Morgan fingerprint density at radius 3 is 2.64 bits per heavy atom. The number of epoxide rings is 1. The predicted octanol–water partition coefficient (Wildman–Crippen LogP) is 3.12. The summed E-state index contributed by atoms with van der Waals surface area (Å²) in [5.74, 6) is -0.323. The van der Waals surface area contributed by atoms with E-state index in [1.54, 1.807) is 26.1 Å². The molecule has 3 heterocycles. The summed E-state index contributed by atoms with van der Waals surface area (Å²) in [5.41, 5.74) is -0.479. The van der Waals surface area contributed by atoms with Crippen LogP contribution in [-0.4, -0.2) is 79.2 Å². The van der Waals surface area contributed by atoms with Gasteiger partial charge in [0.15, 0.2) is 5.72 Å². The second-order valence-corrected chi connectivity index (χ2v) is 11.2. The highest BCUT2D eigenvalue weighted by molar-refractivity contribution is 6.35. The van der Waals surface area contributed by atoms with E-state index in [0.29, 0.717) is 17.9 Å². The van der Waals surface area contributed by atoms with Gasteiger partial charge in [-0.3, -0.25) is 10.1 Å². The van der Waals surface area contributed by atoms with Crippen molar-refractivity contribution in [3.8, 4) is 5.75 Å². The first-order valence-electron chi connectivity index (χ1n) is 12.9. The molecule has 0 spiro atoms. The van der Waals surface area contributed by atoms with Crippen molar-refractivity contribution in [2.45, 2.75) is 75.8 Å². The number of nitrogens with one attached hydrogen (secondary N) is 1. The van der Waals surface area contributed by atoms with Gasteiger partial charge in [-0.25, -0.2) is 4.79 Å². The summed E-state index contributed by atoms with van der Waals surface area (Å²) in [4.78, 5) is 27.1. The Balaban J connectivity index is 1.74. The van der Waals surface area contributed by atoms with Crippen molar-refractivity contribution in [1.82, 2.24) is 5.32 Å². The molecule has 214 valence electrons. The standard InChI is InChI=1S/C28H37ClN2O8/c1-15-8-7-9-22(37-6)28(35)14-20(38-26(34)30-28)16(2)25-27(3,39-25)21(32)13-23(33)31(4)18-11-17(10-15)12-19(36-5)24(18)29/h7-9,11-12,16,20-22,25,32,35H,10,13-14H2,1-6H3,(H,30,34)/b9-7+,15-8+/t16-,20+,21+,22-,25?,27+,28+/m1/s1. The summed E-state index contributed by atoms with van der Waals surface area (Å²) in [6.07, 6.45) is 1.63. The Hall–Kier alpha value is -2.63. The minimum absolute atomic E-state index is 0.0310. The molecule has 1 aromatic rings. The maximum atomic E-state index is 13.3. The monoisotopic (exact) mass is 564 g/mol. The SMILES string of the molecule is COc1cc2cc(c1Cl)N(C)C(=O)C[C@H](O)[C@]1(C)OC1[C@H](C)[C@@H]1C[C@@](O)(NC(=O)O1)[C@H](OC)/C=C/C=C(\C)C2. The van der Waals surface area contributed by atoms with Crippen molar-refractivity contribution >= 4 is 29.3 Å². The van der Waals surface area contributed by atoms with Gasteiger partial charge in [0.1, 0.15) is 28.6 Å². The number of hydrogen-bond acceptors (Lipinski definition) is 8. The molecular formula is C28H37ClN2O8. The third-order valence-electron chi connectivity index (χ3n) is 7.98. The number of carbonyl (C=O) groups excluding carboxylic acids is 2. The Morgan fingerprint density at radius 2 is 1.97 bits per heavy atom. The average Bonchev–Trinajstić information content (AvgIpc) is 3.58. The van der Waals surface area contributed by atoms with Crippen LogP contribution in [0.1, 0.15) is 39.2 Å². The van der Waals surface area contributed by atoms with Crippen LogP contribution in [0.25, 0.3) is 0 Å². The van der Waals surface area contributed by atoms with Gasteiger partial charge in [0.25, 0.3) is 0 Å². The molecule has 2 saturated heterocycles. The first-order chi connectivity index (χ1) is 18.3. The van der Waals surface area contributed by atoms with Crippen molar-refractivity contribution in [3.05, 3.63) is 46.5 Å². The topological polar surface area (TPSA) is 130 Å². The molecular weight excluding hydrogens is 528 g/mol. The van der Waals surface area contributed by atoms with Crippen molar-refractivity contribution in [1.29, 1.82) is 0 Å². The summed E-state index contributed by atoms with van der Waals surface area (Å²) in [7, 11) is 4.56. The molecule has 0 aliphatic carbocycles. The molecule has 10 nitrogen and oxygen atoms in total. The van der Waals surface area contributed by atoms with E-state index in [1.807, 2.05) is 32.1 Å². The van der Waals surface area contributed by atoms with E-state index in [-0.39, 0.29) is 23.8 Å². The molecule has 0 saturated carbocycles. The highest BCUT2D eigenvalue weighted by Crippen LogP contribution is 2.48. The Morgan fingerprint density at radius 1 is 1.26 bits per heavy atom. The van der Waals surface area contributed by atoms with Gasteiger partial charge in [-0.05, 0) is 38.0 Å². The lowest BCUT2D eigenvalue weighted by Crippen LogP contribution is -2.63. The minimum Gasteiger partial charge on any atom is -0.495 e. The van der Waals surface area contributed by atoms with Gasteiger partial charge in [0.2, 0.25) is 5.91 Å². The Bertz CT molecular complexity index is 1190. The number of aliphatic hydroxyl groups is 2. The number of methoxy groups -OCH3 is 2. The third kappa shape index (κ3) is 5.81.